The SMILES string of the molecule is COc1cc2cc(c1Cl)N(C)C(=O)C[C@H](OC(=O)[C@H](C)N(C)C(=O)CCSC(CCO)C(=O)NCC1CCC(C(=O)NCCCCC(NC(=O)CNC(=O)CNC(=O)CN)C(N)=O)CC1)[C@]1(C)O[C@H]1[C@H](C)C1C[C@@](O)(NC(=O)O1)[C@H](OC)/C=C/C=C(\C)C2. The summed E-state index contributed by atoms with van der Waals surface area (Å²) < 4.78 is 29.5. The molecule has 490 valence electrons. The lowest BCUT2D eigenvalue weighted by Crippen LogP contribution is -2.63. The van der Waals surface area contributed by atoms with E-state index in [9.17, 15) is 58.2 Å². The smallest absolute Gasteiger partial charge is 0.409 e. The van der Waals surface area contributed by atoms with Crippen LogP contribution in [0.4, 0.5) is 10.5 Å². The van der Waals surface area contributed by atoms with Gasteiger partial charge in [0.2, 0.25) is 47.3 Å². The summed E-state index contributed by atoms with van der Waals surface area (Å²) in [4.78, 5) is 132. The number of nitrogens with two attached hydrogens (primary N) is 2. The molecule has 10 atom stereocenters. The number of rotatable bonds is 27. The van der Waals surface area contributed by atoms with Crippen LogP contribution in [0.3, 0.4) is 0 Å². The van der Waals surface area contributed by atoms with E-state index in [1.165, 1.54) is 56.8 Å². The zero-order valence-corrected chi connectivity index (χ0v) is 53.0. The van der Waals surface area contributed by atoms with Crippen LogP contribution in [-0.2, 0) is 68.5 Å². The number of thioether (sulfide) groups is 1. The number of carbonyl (C=O) groups excluding carboxylic acids is 10. The van der Waals surface area contributed by atoms with Gasteiger partial charge < -0.3 is 81.7 Å². The first-order valence-corrected chi connectivity index (χ1v) is 31.1. The summed E-state index contributed by atoms with van der Waals surface area (Å²) in [6.07, 6.45) is 4.01. The number of nitrogens with zero attached hydrogens (tertiary/aromatic N) is 2. The molecule has 29 heteroatoms. The second kappa shape index (κ2) is 33.9. The number of amides is 9. The third-order valence-electron chi connectivity index (χ3n) is 16.6. The summed E-state index contributed by atoms with van der Waals surface area (Å²) >= 11 is 8.03. The summed E-state index contributed by atoms with van der Waals surface area (Å²) in [6, 6.07) is 1.36. The van der Waals surface area contributed by atoms with E-state index in [-0.39, 0.29) is 79.8 Å². The monoisotopic (exact) mass is 1280 g/mol. The molecule has 1 aliphatic carbocycles. The molecule has 0 aromatic heterocycles. The highest BCUT2D eigenvalue weighted by molar-refractivity contribution is 8.00. The van der Waals surface area contributed by atoms with Crippen molar-refractivity contribution in [2.45, 2.75) is 158 Å². The molecule has 3 fully saturated rings. The van der Waals surface area contributed by atoms with Crippen LogP contribution in [0, 0.1) is 17.8 Å². The average molecular weight is 1280 g/mol. The maximum absolute atomic E-state index is 14.4. The molecule has 27 nitrogen and oxygen atoms in total. The van der Waals surface area contributed by atoms with Crippen molar-refractivity contribution in [1.29, 1.82) is 0 Å². The van der Waals surface area contributed by atoms with Crippen LogP contribution in [0.5, 0.6) is 5.75 Å². The van der Waals surface area contributed by atoms with Crippen molar-refractivity contribution in [3.8, 4) is 5.75 Å². The summed E-state index contributed by atoms with van der Waals surface area (Å²) in [7, 11) is 5.84. The van der Waals surface area contributed by atoms with Crippen molar-refractivity contribution in [1.82, 2.24) is 36.8 Å². The van der Waals surface area contributed by atoms with E-state index in [0.717, 1.165) is 11.1 Å². The zero-order chi connectivity index (χ0) is 65.0. The lowest BCUT2D eigenvalue weighted by atomic mass is 9.81. The fraction of sp³-hybridized carbons (Fsp3) is 0.661. The number of fused-ring (bicyclic) bond motifs is 5. The van der Waals surface area contributed by atoms with E-state index < -0.39 is 119 Å². The van der Waals surface area contributed by atoms with Gasteiger partial charge in [-0.15, -0.1) is 11.8 Å². The quantitative estimate of drug-likeness (QED) is 0.0330. The third kappa shape index (κ3) is 20.5. The number of halogens is 1. The van der Waals surface area contributed by atoms with Gasteiger partial charge in [0.25, 0.3) is 0 Å². The number of anilines is 1. The summed E-state index contributed by atoms with van der Waals surface area (Å²) in [5, 5.41) is 36.7. The van der Waals surface area contributed by atoms with E-state index in [2.05, 4.69) is 31.9 Å². The minimum Gasteiger partial charge on any atom is -0.495 e. The van der Waals surface area contributed by atoms with Crippen molar-refractivity contribution < 1.29 is 81.8 Å². The molecule has 4 bridgehead atoms. The van der Waals surface area contributed by atoms with Gasteiger partial charge >= 0.3 is 12.1 Å². The predicted octanol–water partition coefficient (Wildman–Crippen LogP) is 0.759. The third-order valence-corrected chi connectivity index (χ3v) is 18.3. The highest BCUT2D eigenvalue weighted by atomic mass is 35.5. The molecule has 3 aliphatic heterocycles. The minimum absolute atomic E-state index is 0.0811. The average Bonchev–Trinajstić information content (AvgIpc) is 1.74. The van der Waals surface area contributed by atoms with Gasteiger partial charge in [-0.2, -0.15) is 0 Å². The van der Waals surface area contributed by atoms with Gasteiger partial charge in [-0.1, -0.05) is 42.3 Å². The number of unbranched alkanes of at least 4 members (excludes halogenated alkanes) is 1. The first-order chi connectivity index (χ1) is 41.7. The largest absolute Gasteiger partial charge is 0.495 e. The molecule has 9 amide bonds. The Balaban J connectivity index is 1.11. The number of primary amides is 1. The molecule has 1 aromatic rings. The lowest BCUT2D eigenvalue weighted by molar-refractivity contribution is -0.162. The van der Waals surface area contributed by atoms with Gasteiger partial charge in [0.15, 0.2) is 5.72 Å². The molecule has 1 aromatic carbocycles. The van der Waals surface area contributed by atoms with Crippen molar-refractivity contribution in [2.75, 3.05) is 78.3 Å². The molecule has 5 rings (SSSR count). The van der Waals surface area contributed by atoms with Crippen LogP contribution in [-0.4, -0.2) is 201 Å². The minimum atomic E-state index is -1.90. The Morgan fingerprint density at radius 3 is 2.34 bits per heavy atom. The Morgan fingerprint density at radius 2 is 1.68 bits per heavy atom. The van der Waals surface area contributed by atoms with Crippen LogP contribution in [0.25, 0.3) is 0 Å². The maximum Gasteiger partial charge on any atom is 0.409 e. The first kappa shape index (κ1) is 72.2. The Morgan fingerprint density at radius 1 is 0.989 bits per heavy atom. The molecular weight excluding hydrogens is 1190 g/mol. The highest BCUT2D eigenvalue weighted by Gasteiger charge is 2.64. The molecule has 1 saturated carbocycles. The number of epoxide rings is 1. The molecule has 2 saturated heterocycles. The number of benzene rings is 1. The van der Waals surface area contributed by atoms with Crippen LogP contribution >= 0.6 is 23.4 Å². The number of allylic oxidation sites excluding steroid dienone is 3. The number of esters is 1. The van der Waals surface area contributed by atoms with Crippen molar-refractivity contribution in [2.24, 2.45) is 29.2 Å². The molecule has 88 heavy (non-hydrogen) atoms. The van der Waals surface area contributed by atoms with E-state index >= 15 is 0 Å². The molecule has 3 heterocycles. The lowest BCUT2D eigenvalue weighted by Gasteiger charge is -2.42. The van der Waals surface area contributed by atoms with E-state index in [4.69, 9.17) is 46.8 Å². The van der Waals surface area contributed by atoms with E-state index in [0.29, 0.717) is 69.5 Å². The second-order valence-corrected chi connectivity index (χ2v) is 24.7. The Hall–Kier alpha value is -6.56. The van der Waals surface area contributed by atoms with Gasteiger partial charge in [0.1, 0.15) is 46.8 Å². The molecule has 4 aliphatic rings. The van der Waals surface area contributed by atoms with Crippen molar-refractivity contribution >= 4 is 88.4 Å². The number of alkyl carbamates (subject to hydrolysis) is 1. The fourth-order valence-electron chi connectivity index (χ4n) is 10.9. The fourth-order valence-corrected chi connectivity index (χ4v) is 12.3. The van der Waals surface area contributed by atoms with Gasteiger partial charge in [-0.05, 0) is 102 Å². The number of nitrogens with one attached hydrogen (secondary N) is 6. The highest BCUT2D eigenvalue weighted by Crippen LogP contribution is 2.49. The molecule has 0 radical (unpaired) electrons. The number of hydrogen-bond acceptors (Lipinski definition) is 19. The molecule has 3 unspecified atom stereocenters. The van der Waals surface area contributed by atoms with Crippen molar-refractivity contribution in [3.05, 3.63) is 46.5 Å². The first-order valence-electron chi connectivity index (χ1n) is 29.6. The second-order valence-electron chi connectivity index (χ2n) is 23.1. The number of aliphatic hydroxyl groups is 2. The normalized spacial score (nSPS) is 26.5. The zero-order valence-electron chi connectivity index (χ0n) is 51.4. The standard InChI is InChI=1S/C59H89ClN10O17S/c1-33-12-11-14-44(84-8)59(82)28-42(85-57(81)68-59)34(2)52-58(4,87-52)45(27-50(76)70(6)40-25-37(24-33)26-41(83-7)51(40)60)86-56(80)35(3)69(5)49(75)20-23-88-43(19-22-71)55(79)66-30-36-15-17-38(18-16-36)54(78)63-21-10-9-13-39(53(62)77)67-48(74)32-65-47(73)31-64-46(72)29-61/h11-12,14,25-26,34-36,38-39,42-45,52,71,82H,9-10,13,15-24,27-32,61H2,1-8H3,(H2,62,77)(H,63,78)(H,64,72)(H,65,73)(H,66,79)(H,67,74)(H,68,81)/b14-11+,33-12+/t34-,35+,36?,38?,39?,42?,43?,44-,45+,52+,58+,59+/m1/s1. The number of hydrogen-bond donors (Lipinski definition) is 10. The van der Waals surface area contributed by atoms with Crippen molar-refractivity contribution in [3.63, 3.8) is 0 Å². The molecule has 12 N–H and O–H groups in total. The Labute approximate surface area is 522 Å². The number of carbonyl (C=O) groups is 10. The summed E-state index contributed by atoms with van der Waals surface area (Å²) in [5.41, 5.74) is 9.38. The molecule has 0 spiro atoms. The van der Waals surface area contributed by atoms with Gasteiger partial charge in [-0.25, -0.2) is 9.59 Å². The number of methoxy groups -OCH3 is 2. The van der Waals surface area contributed by atoms with Crippen LogP contribution < -0.4 is 53.0 Å². The van der Waals surface area contributed by atoms with Crippen LogP contribution in [0.1, 0.15) is 104 Å². The molecular formula is C59H89ClN10O17S. The van der Waals surface area contributed by atoms with E-state index in [1.54, 1.807) is 38.1 Å². The van der Waals surface area contributed by atoms with Gasteiger partial charge in [0.05, 0.1) is 50.2 Å². The van der Waals surface area contributed by atoms with Gasteiger partial charge in [0, 0.05) is 71.3 Å². The Bertz CT molecular complexity index is 2730. The Kier molecular flexibility index (Phi) is 27.8. The van der Waals surface area contributed by atoms with Crippen LogP contribution in [0.15, 0.2) is 35.9 Å². The summed E-state index contributed by atoms with van der Waals surface area (Å²) in [6.45, 7) is 6.13. The maximum atomic E-state index is 14.4. The van der Waals surface area contributed by atoms with Gasteiger partial charge in [-0.3, -0.25) is 43.7 Å². The number of likely N-dealkylation sites (N-methyl/N-ethyl adjacent to an activating group) is 1. The van der Waals surface area contributed by atoms with Crippen LogP contribution in [0.2, 0.25) is 5.02 Å². The summed E-state index contributed by atoms with van der Waals surface area (Å²) in [5.74, 6) is -5.01. The number of aliphatic hydroxyl groups excluding tert-OH is 1. The topological polar surface area (TPSA) is 391 Å². The van der Waals surface area contributed by atoms with E-state index in [1.807, 2.05) is 13.0 Å². The predicted molar refractivity (Wildman–Crippen MR) is 325 cm³/mol. The number of ether oxygens (including phenoxy) is 5.